The number of imidazole rings is 1. The van der Waals surface area contributed by atoms with Crippen molar-refractivity contribution in [2.45, 2.75) is 26.4 Å². The molecule has 4 rings (SSSR count). The summed E-state index contributed by atoms with van der Waals surface area (Å²) in [6.45, 7) is 4.35. The third kappa shape index (κ3) is 2.59. The Bertz CT molecular complexity index is 1200. The Hall–Kier alpha value is -2.87. The summed E-state index contributed by atoms with van der Waals surface area (Å²) in [5.74, 6) is 0.538. The zero-order chi connectivity index (χ0) is 19.5. The molecule has 0 N–H and O–H groups in total. The predicted molar refractivity (Wildman–Crippen MR) is 106 cm³/mol. The lowest BCUT2D eigenvalue weighted by atomic mass is 10.2. The largest absolute Gasteiger partial charge is 0.332 e. The molecule has 140 valence electrons. The van der Waals surface area contributed by atoms with Crippen molar-refractivity contribution in [1.82, 2.24) is 18.7 Å². The van der Waals surface area contributed by atoms with E-state index < -0.39 is 5.69 Å². The topological polar surface area (TPSA) is 77.4 Å². The van der Waals surface area contributed by atoms with E-state index in [0.717, 1.165) is 15.8 Å². The molecule has 0 fully saturated rings. The van der Waals surface area contributed by atoms with E-state index in [2.05, 4.69) is 10.1 Å². The Balaban J connectivity index is 1.95. The van der Waals surface area contributed by atoms with Crippen molar-refractivity contribution in [2.24, 2.45) is 19.2 Å². The molecule has 1 atom stereocenters. The van der Waals surface area contributed by atoms with E-state index in [1.54, 1.807) is 12.1 Å². The Morgan fingerprint density at radius 2 is 1.78 bits per heavy atom. The average molecular weight is 387 g/mol. The van der Waals surface area contributed by atoms with Crippen LogP contribution in [0.3, 0.4) is 0 Å². The molecule has 3 aromatic rings. The number of hydrogen-bond acceptors (Lipinski definition) is 5. The second-order valence-electron chi connectivity index (χ2n) is 6.76. The van der Waals surface area contributed by atoms with Crippen LogP contribution in [-0.2, 0) is 20.6 Å². The van der Waals surface area contributed by atoms with Crippen LogP contribution in [0.15, 0.2) is 39.0 Å². The standard InChI is InChI=1S/C18H19ClN6O2/c1-10-11(2)25-14-15(22(3)18(27)23(4)16(14)26)20-17(25)24(21-10)9-12-5-7-13(19)8-6-12/h5-8,11H,9H2,1-4H3/t11-/m0/s1. The number of hydrogen-bond donors (Lipinski definition) is 0. The first-order chi connectivity index (χ1) is 12.8. The highest BCUT2D eigenvalue weighted by Gasteiger charge is 2.30. The van der Waals surface area contributed by atoms with Crippen LogP contribution in [-0.4, -0.2) is 24.4 Å². The molecule has 3 heterocycles. The first-order valence-electron chi connectivity index (χ1n) is 8.54. The highest BCUT2D eigenvalue weighted by atomic mass is 35.5. The van der Waals surface area contributed by atoms with Crippen LogP contribution in [0.5, 0.6) is 0 Å². The Morgan fingerprint density at radius 1 is 1.11 bits per heavy atom. The fraction of sp³-hybridized carbons (Fsp3) is 0.333. The van der Waals surface area contributed by atoms with Crippen LogP contribution in [0.2, 0.25) is 5.02 Å². The molecular weight excluding hydrogens is 368 g/mol. The van der Waals surface area contributed by atoms with Gasteiger partial charge < -0.3 is 0 Å². The molecule has 0 radical (unpaired) electrons. The predicted octanol–water partition coefficient (Wildman–Crippen LogP) is 2.04. The molecule has 9 heteroatoms. The van der Waals surface area contributed by atoms with Gasteiger partial charge in [0.15, 0.2) is 11.2 Å². The van der Waals surface area contributed by atoms with E-state index >= 15 is 0 Å². The number of benzene rings is 1. The van der Waals surface area contributed by atoms with Crippen LogP contribution in [0.4, 0.5) is 5.95 Å². The van der Waals surface area contributed by atoms with Gasteiger partial charge in [0, 0.05) is 19.1 Å². The van der Waals surface area contributed by atoms with Crippen LogP contribution in [0, 0.1) is 0 Å². The van der Waals surface area contributed by atoms with Gasteiger partial charge in [0.25, 0.3) is 5.56 Å². The van der Waals surface area contributed by atoms with Gasteiger partial charge in [-0.15, -0.1) is 0 Å². The maximum absolute atomic E-state index is 12.8. The molecular formula is C18H19ClN6O2. The van der Waals surface area contributed by atoms with Crippen molar-refractivity contribution in [3.63, 3.8) is 0 Å². The second-order valence-corrected chi connectivity index (χ2v) is 7.20. The van der Waals surface area contributed by atoms with Crippen LogP contribution in [0.25, 0.3) is 11.2 Å². The van der Waals surface area contributed by atoms with Crippen LogP contribution >= 0.6 is 11.6 Å². The van der Waals surface area contributed by atoms with Gasteiger partial charge >= 0.3 is 5.69 Å². The summed E-state index contributed by atoms with van der Waals surface area (Å²) in [4.78, 5) is 29.7. The Kier molecular flexibility index (Phi) is 3.96. The van der Waals surface area contributed by atoms with Gasteiger partial charge in [0.2, 0.25) is 5.95 Å². The van der Waals surface area contributed by atoms with Crippen molar-refractivity contribution >= 4 is 34.4 Å². The molecule has 27 heavy (non-hydrogen) atoms. The lowest BCUT2D eigenvalue weighted by Crippen LogP contribution is -2.38. The summed E-state index contributed by atoms with van der Waals surface area (Å²) in [5, 5.41) is 7.08. The normalized spacial score (nSPS) is 16.6. The number of fused-ring (bicyclic) bond motifs is 3. The molecule has 2 aromatic heterocycles. The van der Waals surface area contributed by atoms with Gasteiger partial charge in [-0.3, -0.25) is 18.5 Å². The molecule has 0 spiro atoms. The van der Waals surface area contributed by atoms with Gasteiger partial charge in [-0.05, 0) is 31.5 Å². The molecule has 1 aliphatic heterocycles. The summed E-state index contributed by atoms with van der Waals surface area (Å²) in [5.41, 5.74) is 1.85. The lowest BCUT2D eigenvalue weighted by molar-refractivity contribution is 0.634. The Labute approximate surface area is 159 Å². The summed E-state index contributed by atoms with van der Waals surface area (Å²) in [6, 6.07) is 7.35. The van der Waals surface area contributed by atoms with Gasteiger partial charge in [-0.2, -0.15) is 10.1 Å². The molecule has 0 amide bonds. The van der Waals surface area contributed by atoms with Crippen LogP contribution in [0.1, 0.15) is 25.5 Å². The van der Waals surface area contributed by atoms with E-state index in [1.165, 1.54) is 11.6 Å². The van der Waals surface area contributed by atoms with E-state index in [9.17, 15) is 9.59 Å². The number of aromatic nitrogens is 4. The van der Waals surface area contributed by atoms with Crippen molar-refractivity contribution in [3.8, 4) is 0 Å². The maximum atomic E-state index is 12.8. The molecule has 0 aliphatic carbocycles. The fourth-order valence-corrected chi connectivity index (χ4v) is 3.45. The van der Waals surface area contributed by atoms with E-state index in [0.29, 0.717) is 28.7 Å². The molecule has 8 nitrogen and oxygen atoms in total. The van der Waals surface area contributed by atoms with Crippen molar-refractivity contribution < 1.29 is 0 Å². The van der Waals surface area contributed by atoms with Crippen molar-refractivity contribution in [2.75, 3.05) is 5.01 Å². The zero-order valence-corrected chi connectivity index (χ0v) is 16.2. The maximum Gasteiger partial charge on any atom is 0.332 e. The van der Waals surface area contributed by atoms with Crippen LogP contribution < -0.4 is 16.3 Å². The van der Waals surface area contributed by atoms with Gasteiger partial charge in [0.05, 0.1) is 18.3 Å². The number of aryl methyl sites for hydroxylation is 1. The van der Waals surface area contributed by atoms with Gasteiger partial charge in [-0.25, -0.2) is 9.80 Å². The quantitative estimate of drug-likeness (QED) is 0.675. The summed E-state index contributed by atoms with van der Waals surface area (Å²) in [6.07, 6.45) is 0. The van der Waals surface area contributed by atoms with E-state index in [-0.39, 0.29) is 11.6 Å². The van der Waals surface area contributed by atoms with E-state index in [4.69, 9.17) is 11.6 Å². The highest BCUT2D eigenvalue weighted by Crippen LogP contribution is 2.30. The van der Waals surface area contributed by atoms with Gasteiger partial charge in [0.1, 0.15) is 0 Å². The Morgan fingerprint density at radius 3 is 2.44 bits per heavy atom. The molecule has 1 aromatic carbocycles. The lowest BCUT2D eigenvalue weighted by Gasteiger charge is -2.29. The molecule has 0 bridgehead atoms. The highest BCUT2D eigenvalue weighted by molar-refractivity contribution is 6.30. The number of anilines is 1. The minimum atomic E-state index is -0.405. The third-order valence-electron chi connectivity index (χ3n) is 5.02. The third-order valence-corrected chi connectivity index (χ3v) is 5.27. The SMILES string of the molecule is CC1=NN(Cc2ccc(Cl)cc2)c2nc3c(c(=O)n(C)c(=O)n3C)n2[C@H]1C. The summed E-state index contributed by atoms with van der Waals surface area (Å²) >= 11 is 5.97. The summed E-state index contributed by atoms with van der Waals surface area (Å²) in [7, 11) is 3.09. The minimum Gasteiger partial charge on any atom is -0.294 e. The molecule has 0 saturated heterocycles. The van der Waals surface area contributed by atoms with Crippen molar-refractivity contribution in [1.29, 1.82) is 0 Å². The number of hydrazone groups is 1. The first-order valence-corrected chi connectivity index (χ1v) is 8.92. The second kappa shape index (κ2) is 6.09. The van der Waals surface area contributed by atoms with Crippen molar-refractivity contribution in [3.05, 3.63) is 55.7 Å². The molecule has 0 saturated carbocycles. The zero-order valence-electron chi connectivity index (χ0n) is 15.5. The minimum absolute atomic E-state index is 0.142. The van der Waals surface area contributed by atoms with E-state index in [1.807, 2.05) is 42.7 Å². The first kappa shape index (κ1) is 17.5. The smallest absolute Gasteiger partial charge is 0.294 e. The molecule has 0 unspecified atom stereocenters. The average Bonchev–Trinajstić information content (AvgIpc) is 3.05. The number of nitrogens with zero attached hydrogens (tertiary/aromatic N) is 6. The molecule has 1 aliphatic rings. The number of rotatable bonds is 2. The number of halogens is 1. The van der Waals surface area contributed by atoms with Gasteiger partial charge in [-0.1, -0.05) is 23.7 Å². The fourth-order valence-electron chi connectivity index (χ4n) is 3.33. The summed E-state index contributed by atoms with van der Waals surface area (Å²) < 4.78 is 4.36. The monoisotopic (exact) mass is 386 g/mol.